The molecule has 0 bridgehead atoms. The van der Waals surface area contributed by atoms with E-state index in [9.17, 15) is 0 Å². The quantitative estimate of drug-likeness (QED) is 0.805. The zero-order valence-electron chi connectivity index (χ0n) is 13.1. The lowest BCUT2D eigenvalue weighted by molar-refractivity contribution is 0.207. The normalized spacial score (nSPS) is 24.5. The van der Waals surface area contributed by atoms with E-state index >= 15 is 0 Å². The van der Waals surface area contributed by atoms with Crippen LogP contribution in [0.5, 0.6) is 0 Å². The lowest BCUT2D eigenvalue weighted by Gasteiger charge is -2.35. The van der Waals surface area contributed by atoms with Crippen LogP contribution in [0.3, 0.4) is 0 Å². The van der Waals surface area contributed by atoms with E-state index in [1.807, 2.05) is 12.4 Å². The van der Waals surface area contributed by atoms with E-state index in [1.165, 1.54) is 44.1 Å². The lowest BCUT2D eigenvalue weighted by atomic mass is 9.75. The predicted molar refractivity (Wildman–Crippen MR) is 85.8 cm³/mol. The summed E-state index contributed by atoms with van der Waals surface area (Å²) in [5.41, 5.74) is 1.37. The molecule has 3 atom stereocenters. The van der Waals surface area contributed by atoms with Gasteiger partial charge in [0.1, 0.15) is 0 Å². The fraction of sp³-hybridized carbons (Fsp3) is 0.722. The molecule has 1 fully saturated rings. The molecule has 0 amide bonds. The SMILES string of the molecule is CCCNC(Cc1cccnc1)C1CCCC(CC)C1. The average Bonchev–Trinajstić information content (AvgIpc) is 2.52. The highest BCUT2D eigenvalue weighted by molar-refractivity contribution is 5.10. The number of pyridine rings is 1. The highest BCUT2D eigenvalue weighted by Crippen LogP contribution is 2.33. The molecule has 1 aliphatic carbocycles. The molecular formula is C18H30N2. The molecule has 3 unspecified atom stereocenters. The van der Waals surface area contributed by atoms with Crippen molar-refractivity contribution in [2.75, 3.05) is 6.54 Å². The molecule has 1 aromatic rings. The molecule has 1 saturated carbocycles. The van der Waals surface area contributed by atoms with Crippen molar-refractivity contribution in [3.05, 3.63) is 30.1 Å². The van der Waals surface area contributed by atoms with Crippen LogP contribution >= 0.6 is 0 Å². The van der Waals surface area contributed by atoms with Crippen molar-refractivity contribution in [3.63, 3.8) is 0 Å². The van der Waals surface area contributed by atoms with Crippen molar-refractivity contribution < 1.29 is 0 Å². The van der Waals surface area contributed by atoms with Gasteiger partial charge in [-0.1, -0.05) is 39.2 Å². The van der Waals surface area contributed by atoms with Crippen LogP contribution in [0, 0.1) is 11.8 Å². The van der Waals surface area contributed by atoms with E-state index in [-0.39, 0.29) is 0 Å². The largest absolute Gasteiger partial charge is 0.313 e. The minimum absolute atomic E-state index is 0.633. The van der Waals surface area contributed by atoms with Crippen LogP contribution in [0.1, 0.15) is 57.9 Å². The van der Waals surface area contributed by atoms with Crippen LogP contribution in [0.15, 0.2) is 24.5 Å². The van der Waals surface area contributed by atoms with Crippen molar-refractivity contribution in [1.82, 2.24) is 10.3 Å². The number of hydrogen-bond acceptors (Lipinski definition) is 2. The molecule has 112 valence electrons. The van der Waals surface area contributed by atoms with Gasteiger partial charge in [-0.2, -0.15) is 0 Å². The van der Waals surface area contributed by atoms with Crippen LogP contribution in [0.25, 0.3) is 0 Å². The third kappa shape index (κ3) is 4.59. The minimum Gasteiger partial charge on any atom is -0.313 e. The molecule has 0 saturated heterocycles. The van der Waals surface area contributed by atoms with Gasteiger partial charge in [-0.3, -0.25) is 4.98 Å². The van der Waals surface area contributed by atoms with Crippen LogP contribution < -0.4 is 5.32 Å². The number of hydrogen-bond donors (Lipinski definition) is 1. The zero-order valence-corrected chi connectivity index (χ0v) is 13.1. The summed E-state index contributed by atoms with van der Waals surface area (Å²) in [5.74, 6) is 1.80. The molecule has 2 heteroatoms. The first-order chi connectivity index (χ1) is 9.83. The molecule has 0 radical (unpaired) electrons. The van der Waals surface area contributed by atoms with Gasteiger partial charge in [-0.05, 0) is 55.7 Å². The van der Waals surface area contributed by atoms with Gasteiger partial charge in [-0.15, -0.1) is 0 Å². The molecule has 2 nitrogen and oxygen atoms in total. The standard InChI is InChI=1S/C18H30N2/c1-3-10-20-18(13-16-8-6-11-19-14-16)17-9-5-7-15(4-2)12-17/h6,8,11,14-15,17-18,20H,3-5,7,9-10,12-13H2,1-2H3. The van der Waals surface area contributed by atoms with Crippen LogP contribution in [-0.4, -0.2) is 17.6 Å². The molecular weight excluding hydrogens is 244 g/mol. The van der Waals surface area contributed by atoms with Crippen molar-refractivity contribution in [1.29, 1.82) is 0 Å². The van der Waals surface area contributed by atoms with Gasteiger partial charge in [0.05, 0.1) is 0 Å². The smallest absolute Gasteiger partial charge is 0.0300 e. The molecule has 1 N–H and O–H groups in total. The van der Waals surface area contributed by atoms with E-state index in [2.05, 4.69) is 36.3 Å². The summed E-state index contributed by atoms with van der Waals surface area (Å²) in [6, 6.07) is 4.91. The highest BCUT2D eigenvalue weighted by Gasteiger charge is 2.27. The minimum atomic E-state index is 0.633. The summed E-state index contributed by atoms with van der Waals surface area (Å²) in [4.78, 5) is 4.27. The zero-order chi connectivity index (χ0) is 14.2. The topological polar surface area (TPSA) is 24.9 Å². The van der Waals surface area contributed by atoms with Gasteiger partial charge >= 0.3 is 0 Å². The Balaban J connectivity index is 1.98. The second-order valence-corrected chi connectivity index (χ2v) is 6.33. The predicted octanol–water partition coefficient (Wildman–Crippen LogP) is 4.21. The van der Waals surface area contributed by atoms with Gasteiger partial charge in [0, 0.05) is 18.4 Å². The fourth-order valence-electron chi connectivity index (χ4n) is 3.58. The molecule has 1 aromatic heterocycles. The van der Waals surface area contributed by atoms with E-state index in [0.29, 0.717) is 6.04 Å². The van der Waals surface area contributed by atoms with E-state index in [0.717, 1.165) is 24.8 Å². The summed E-state index contributed by atoms with van der Waals surface area (Å²) >= 11 is 0. The molecule has 0 aliphatic heterocycles. The van der Waals surface area contributed by atoms with Gasteiger partial charge in [-0.25, -0.2) is 0 Å². The van der Waals surface area contributed by atoms with Crippen LogP contribution in [-0.2, 0) is 6.42 Å². The maximum absolute atomic E-state index is 4.27. The second kappa shape index (κ2) is 8.41. The summed E-state index contributed by atoms with van der Waals surface area (Å²) in [6.45, 7) is 5.74. The first kappa shape index (κ1) is 15.5. The van der Waals surface area contributed by atoms with Gasteiger partial charge < -0.3 is 5.32 Å². The van der Waals surface area contributed by atoms with Crippen molar-refractivity contribution >= 4 is 0 Å². The summed E-state index contributed by atoms with van der Waals surface area (Å²) < 4.78 is 0. The molecule has 20 heavy (non-hydrogen) atoms. The van der Waals surface area contributed by atoms with Gasteiger partial charge in [0.2, 0.25) is 0 Å². The van der Waals surface area contributed by atoms with Crippen molar-refractivity contribution in [2.45, 2.75) is 64.8 Å². The lowest BCUT2D eigenvalue weighted by Crippen LogP contribution is -2.40. The fourth-order valence-corrected chi connectivity index (χ4v) is 3.58. The summed E-state index contributed by atoms with van der Waals surface area (Å²) in [5, 5.41) is 3.80. The summed E-state index contributed by atoms with van der Waals surface area (Å²) in [6.07, 6.45) is 13.3. The Morgan fingerprint density at radius 2 is 2.25 bits per heavy atom. The Morgan fingerprint density at radius 1 is 1.35 bits per heavy atom. The molecule has 0 spiro atoms. The molecule has 0 aromatic carbocycles. The molecule has 2 rings (SSSR count). The second-order valence-electron chi connectivity index (χ2n) is 6.33. The third-order valence-electron chi connectivity index (χ3n) is 4.80. The molecule has 1 aliphatic rings. The van der Waals surface area contributed by atoms with E-state index < -0.39 is 0 Å². The van der Waals surface area contributed by atoms with Crippen LogP contribution in [0.2, 0.25) is 0 Å². The number of rotatable bonds is 7. The van der Waals surface area contributed by atoms with Crippen molar-refractivity contribution in [3.8, 4) is 0 Å². The summed E-state index contributed by atoms with van der Waals surface area (Å²) in [7, 11) is 0. The molecule has 1 heterocycles. The third-order valence-corrected chi connectivity index (χ3v) is 4.80. The monoisotopic (exact) mass is 274 g/mol. The maximum Gasteiger partial charge on any atom is 0.0300 e. The van der Waals surface area contributed by atoms with Crippen LogP contribution in [0.4, 0.5) is 0 Å². The van der Waals surface area contributed by atoms with E-state index in [1.54, 1.807) is 0 Å². The number of nitrogens with zero attached hydrogens (tertiary/aromatic N) is 1. The Hall–Kier alpha value is -0.890. The number of aromatic nitrogens is 1. The Labute approximate surface area is 124 Å². The van der Waals surface area contributed by atoms with E-state index in [4.69, 9.17) is 0 Å². The first-order valence-corrected chi connectivity index (χ1v) is 8.45. The Bertz CT molecular complexity index is 363. The highest BCUT2D eigenvalue weighted by atomic mass is 14.9. The van der Waals surface area contributed by atoms with Gasteiger partial charge in [0.25, 0.3) is 0 Å². The van der Waals surface area contributed by atoms with Gasteiger partial charge in [0.15, 0.2) is 0 Å². The Morgan fingerprint density at radius 3 is 2.95 bits per heavy atom. The van der Waals surface area contributed by atoms with Crippen molar-refractivity contribution in [2.24, 2.45) is 11.8 Å². The Kier molecular flexibility index (Phi) is 6.52. The maximum atomic E-state index is 4.27. The number of nitrogens with one attached hydrogen (secondary N) is 1. The average molecular weight is 274 g/mol. The first-order valence-electron chi connectivity index (χ1n) is 8.45.